The largest absolute Gasteiger partial charge is 0.497 e. The van der Waals surface area contributed by atoms with Gasteiger partial charge in [0.05, 0.1) is 19.9 Å². The monoisotopic (exact) mass is 259 g/mol. The molecule has 0 bridgehead atoms. The summed E-state index contributed by atoms with van der Waals surface area (Å²) in [6.45, 7) is 0.482. The molecule has 0 aliphatic carbocycles. The number of ether oxygens (including phenoxy) is 2. The number of nitrogens with zero attached hydrogens (tertiary/aromatic N) is 1. The van der Waals surface area contributed by atoms with Crippen molar-refractivity contribution in [1.29, 1.82) is 0 Å². The Bertz CT molecular complexity index is 541. The lowest BCUT2D eigenvalue weighted by molar-refractivity contribution is 0.405. The third kappa shape index (κ3) is 3.14. The van der Waals surface area contributed by atoms with Crippen LogP contribution < -0.4 is 20.5 Å². The summed E-state index contributed by atoms with van der Waals surface area (Å²) in [4.78, 5) is 4.29. The summed E-state index contributed by atoms with van der Waals surface area (Å²) >= 11 is 0. The van der Waals surface area contributed by atoms with Crippen molar-refractivity contribution >= 4 is 11.5 Å². The molecular formula is C14H17N3O2. The zero-order chi connectivity index (χ0) is 13.7. The van der Waals surface area contributed by atoms with Crippen molar-refractivity contribution in [1.82, 2.24) is 4.98 Å². The molecule has 0 saturated carbocycles. The van der Waals surface area contributed by atoms with Crippen molar-refractivity contribution in [3.63, 3.8) is 0 Å². The molecule has 0 aliphatic rings. The molecule has 0 unspecified atom stereocenters. The quantitative estimate of drug-likeness (QED) is 0.862. The van der Waals surface area contributed by atoms with Crippen LogP contribution in [0.1, 0.15) is 5.56 Å². The topological polar surface area (TPSA) is 69.4 Å². The van der Waals surface area contributed by atoms with E-state index in [4.69, 9.17) is 15.2 Å². The average molecular weight is 259 g/mol. The van der Waals surface area contributed by atoms with Crippen LogP contribution in [-0.4, -0.2) is 19.2 Å². The minimum Gasteiger partial charge on any atom is -0.497 e. The second-order valence-corrected chi connectivity index (χ2v) is 3.95. The maximum atomic E-state index is 5.54. The zero-order valence-electron chi connectivity index (χ0n) is 11.0. The van der Waals surface area contributed by atoms with E-state index in [1.165, 1.54) is 0 Å². The van der Waals surface area contributed by atoms with Crippen LogP contribution in [0.25, 0.3) is 0 Å². The molecule has 0 spiro atoms. The Morgan fingerprint density at radius 1 is 1.16 bits per heavy atom. The Morgan fingerprint density at radius 2 is 2.00 bits per heavy atom. The van der Waals surface area contributed by atoms with Crippen LogP contribution in [0, 0.1) is 0 Å². The number of aromatic nitrogens is 1. The fourth-order valence-corrected chi connectivity index (χ4v) is 1.67. The van der Waals surface area contributed by atoms with E-state index in [9.17, 15) is 0 Å². The van der Waals surface area contributed by atoms with Gasteiger partial charge in [-0.15, -0.1) is 0 Å². The van der Waals surface area contributed by atoms with Gasteiger partial charge >= 0.3 is 0 Å². The summed E-state index contributed by atoms with van der Waals surface area (Å²) < 4.78 is 10.5. The lowest BCUT2D eigenvalue weighted by Crippen LogP contribution is -2.00. The molecule has 19 heavy (non-hydrogen) atoms. The number of benzene rings is 1. The Morgan fingerprint density at radius 3 is 2.58 bits per heavy atom. The van der Waals surface area contributed by atoms with E-state index in [1.807, 2.05) is 30.3 Å². The van der Waals surface area contributed by atoms with Crippen LogP contribution in [0.15, 0.2) is 36.5 Å². The molecule has 5 heteroatoms. The summed E-state index contributed by atoms with van der Waals surface area (Å²) in [5.74, 6) is 2.20. The highest BCUT2D eigenvalue weighted by atomic mass is 16.5. The maximum Gasteiger partial charge on any atom is 0.142 e. The molecule has 2 rings (SSSR count). The fraction of sp³-hybridized carbons (Fsp3) is 0.214. The van der Waals surface area contributed by atoms with Crippen LogP contribution in [0.4, 0.5) is 11.5 Å². The van der Waals surface area contributed by atoms with Crippen LogP contribution in [0.2, 0.25) is 0 Å². The number of pyridine rings is 1. The SMILES string of the molecule is COc1ccc(OC)c(Nc2ccc(CN)cn2)c1. The normalized spacial score (nSPS) is 10.1. The van der Waals surface area contributed by atoms with Crippen molar-refractivity contribution in [2.45, 2.75) is 6.54 Å². The highest BCUT2D eigenvalue weighted by Gasteiger charge is 2.06. The van der Waals surface area contributed by atoms with Gasteiger partial charge in [0.15, 0.2) is 0 Å². The van der Waals surface area contributed by atoms with Crippen LogP contribution in [0.3, 0.4) is 0 Å². The van der Waals surface area contributed by atoms with E-state index in [1.54, 1.807) is 20.4 Å². The van der Waals surface area contributed by atoms with Crippen LogP contribution in [-0.2, 0) is 6.54 Å². The van der Waals surface area contributed by atoms with Crippen molar-refractivity contribution in [3.8, 4) is 11.5 Å². The summed E-state index contributed by atoms with van der Waals surface area (Å²) in [6, 6.07) is 9.35. The number of nitrogens with two attached hydrogens (primary N) is 1. The molecule has 0 radical (unpaired) electrons. The van der Waals surface area contributed by atoms with Gasteiger partial charge in [-0.05, 0) is 23.8 Å². The van der Waals surface area contributed by atoms with Gasteiger partial charge in [-0.25, -0.2) is 4.98 Å². The first-order chi connectivity index (χ1) is 9.26. The van der Waals surface area contributed by atoms with E-state index < -0.39 is 0 Å². The van der Waals surface area contributed by atoms with Gasteiger partial charge in [-0.2, -0.15) is 0 Å². The van der Waals surface area contributed by atoms with Gasteiger partial charge in [0.25, 0.3) is 0 Å². The van der Waals surface area contributed by atoms with Gasteiger partial charge in [-0.1, -0.05) is 6.07 Å². The van der Waals surface area contributed by atoms with Gasteiger partial charge in [0, 0.05) is 18.8 Å². The smallest absolute Gasteiger partial charge is 0.142 e. The molecule has 0 aliphatic heterocycles. The third-order valence-electron chi connectivity index (χ3n) is 2.73. The summed E-state index contributed by atoms with van der Waals surface area (Å²) in [7, 11) is 3.25. The second kappa shape index (κ2) is 6.06. The van der Waals surface area contributed by atoms with E-state index >= 15 is 0 Å². The van der Waals surface area contributed by atoms with E-state index in [2.05, 4.69) is 10.3 Å². The minimum atomic E-state index is 0.482. The second-order valence-electron chi connectivity index (χ2n) is 3.95. The highest BCUT2D eigenvalue weighted by molar-refractivity contribution is 5.66. The maximum absolute atomic E-state index is 5.54. The Labute approximate surface area is 112 Å². The van der Waals surface area contributed by atoms with Crippen molar-refractivity contribution in [2.75, 3.05) is 19.5 Å². The first-order valence-corrected chi connectivity index (χ1v) is 5.91. The predicted octanol–water partition coefficient (Wildman–Crippen LogP) is 2.30. The van der Waals surface area contributed by atoms with Crippen LogP contribution >= 0.6 is 0 Å². The zero-order valence-corrected chi connectivity index (χ0v) is 11.0. The van der Waals surface area contributed by atoms with Crippen molar-refractivity contribution in [3.05, 3.63) is 42.1 Å². The molecule has 0 fully saturated rings. The summed E-state index contributed by atoms with van der Waals surface area (Å²) in [6.07, 6.45) is 1.75. The number of nitrogens with one attached hydrogen (secondary N) is 1. The van der Waals surface area contributed by atoms with Gasteiger partial charge in [0.2, 0.25) is 0 Å². The van der Waals surface area contributed by atoms with Gasteiger partial charge in [-0.3, -0.25) is 0 Å². The number of rotatable bonds is 5. The van der Waals surface area contributed by atoms with E-state index in [0.717, 1.165) is 28.6 Å². The average Bonchev–Trinajstić information content (AvgIpc) is 2.48. The molecule has 1 heterocycles. The third-order valence-corrected chi connectivity index (χ3v) is 2.73. The fourth-order valence-electron chi connectivity index (χ4n) is 1.67. The number of hydrogen-bond donors (Lipinski definition) is 2. The minimum absolute atomic E-state index is 0.482. The molecule has 3 N–H and O–H groups in total. The van der Waals surface area contributed by atoms with Gasteiger partial charge in [0.1, 0.15) is 17.3 Å². The standard InChI is InChI=1S/C14H17N3O2/c1-18-11-4-5-13(19-2)12(7-11)17-14-6-3-10(8-15)9-16-14/h3-7,9H,8,15H2,1-2H3,(H,16,17). The number of hydrogen-bond acceptors (Lipinski definition) is 5. The molecule has 0 saturated heterocycles. The molecule has 100 valence electrons. The molecule has 1 aromatic carbocycles. The Balaban J connectivity index is 2.25. The molecule has 0 amide bonds. The Hall–Kier alpha value is -2.27. The number of anilines is 2. The molecular weight excluding hydrogens is 242 g/mol. The van der Waals surface area contributed by atoms with Crippen molar-refractivity contribution in [2.24, 2.45) is 5.73 Å². The molecule has 1 aromatic heterocycles. The first-order valence-electron chi connectivity index (χ1n) is 5.91. The summed E-state index contributed by atoms with van der Waals surface area (Å²) in [5.41, 5.74) is 7.33. The predicted molar refractivity (Wildman–Crippen MR) is 75.0 cm³/mol. The summed E-state index contributed by atoms with van der Waals surface area (Å²) in [5, 5.41) is 3.19. The molecule has 0 atom stereocenters. The van der Waals surface area contributed by atoms with Crippen molar-refractivity contribution < 1.29 is 9.47 Å². The van der Waals surface area contributed by atoms with E-state index in [-0.39, 0.29) is 0 Å². The van der Waals surface area contributed by atoms with E-state index in [0.29, 0.717) is 6.54 Å². The van der Waals surface area contributed by atoms with Gasteiger partial charge < -0.3 is 20.5 Å². The molecule has 5 nitrogen and oxygen atoms in total. The molecule has 2 aromatic rings. The van der Waals surface area contributed by atoms with Crippen LogP contribution in [0.5, 0.6) is 11.5 Å². The lowest BCUT2D eigenvalue weighted by atomic mass is 10.2. The Kier molecular flexibility index (Phi) is 4.20. The number of methoxy groups -OCH3 is 2. The lowest BCUT2D eigenvalue weighted by Gasteiger charge is -2.12. The highest BCUT2D eigenvalue weighted by Crippen LogP contribution is 2.30. The first kappa shape index (κ1) is 13.2.